The molecule has 5 heteroatoms. The molecule has 0 bridgehead atoms. The minimum atomic E-state index is -0.0465. The van der Waals surface area contributed by atoms with E-state index in [1.165, 1.54) is 0 Å². The molecule has 0 atom stereocenters. The third kappa shape index (κ3) is 4.19. The molecule has 3 rings (SSSR count). The van der Waals surface area contributed by atoms with Gasteiger partial charge in [-0.1, -0.05) is 30.3 Å². The van der Waals surface area contributed by atoms with Crippen molar-refractivity contribution in [2.24, 2.45) is 0 Å². The zero-order chi connectivity index (χ0) is 16.8. The maximum Gasteiger partial charge on any atom is 0.253 e. The fraction of sp³-hybridized carbons (Fsp3) is 0.368. The molecule has 1 fully saturated rings. The van der Waals surface area contributed by atoms with Crippen LogP contribution in [0.5, 0.6) is 0 Å². The van der Waals surface area contributed by atoms with Crippen molar-refractivity contribution in [3.05, 3.63) is 53.7 Å². The molecule has 2 heterocycles. The highest BCUT2D eigenvalue weighted by atomic mass is 16.1. The van der Waals surface area contributed by atoms with E-state index in [1.54, 1.807) is 0 Å². The number of hydrogen-bond donors (Lipinski definition) is 2. The number of nitrogens with zero attached hydrogens (tertiary/aromatic N) is 2. The molecule has 24 heavy (non-hydrogen) atoms. The zero-order valence-electron chi connectivity index (χ0n) is 14.1. The van der Waals surface area contributed by atoms with Crippen molar-refractivity contribution < 1.29 is 4.79 Å². The van der Waals surface area contributed by atoms with Crippen LogP contribution in [0.3, 0.4) is 0 Å². The molecular weight excluding hydrogens is 300 g/mol. The van der Waals surface area contributed by atoms with Crippen LogP contribution in [0.15, 0.2) is 42.5 Å². The predicted octanol–water partition coefficient (Wildman–Crippen LogP) is 1.69. The molecule has 0 spiro atoms. The van der Waals surface area contributed by atoms with E-state index in [-0.39, 0.29) is 5.91 Å². The van der Waals surface area contributed by atoms with E-state index < -0.39 is 0 Å². The Morgan fingerprint density at radius 3 is 2.62 bits per heavy atom. The van der Waals surface area contributed by atoms with Crippen molar-refractivity contribution in [1.82, 2.24) is 20.5 Å². The average molecular weight is 324 g/mol. The summed E-state index contributed by atoms with van der Waals surface area (Å²) in [5.41, 5.74) is 3.36. The monoisotopic (exact) mass is 324 g/mol. The topological polar surface area (TPSA) is 57.3 Å². The quantitative estimate of drug-likeness (QED) is 0.879. The zero-order valence-corrected chi connectivity index (χ0v) is 14.1. The summed E-state index contributed by atoms with van der Waals surface area (Å²) in [6.07, 6.45) is 0. The van der Waals surface area contributed by atoms with Crippen LogP contribution in [0.4, 0.5) is 0 Å². The number of amides is 1. The number of aromatic nitrogens is 1. The van der Waals surface area contributed by atoms with Crippen molar-refractivity contribution >= 4 is 5.91 Å². The number of benzene rings is 1. The van der Waals surface area contributed by atoms with Gasteiger partial charge in [-0.25, -0.2) is 0 Å². The van der Waals surface area contributed by atoms with Gasteiger partial charge in [-0.05, 0) is 19.1 Å². The van der Waals surface area contributed by atoms with Gasteiger partial charge in [0.2, 0.25) is 0 Å². The number of carbonyl (C=O) groups excluding carboxylic acids is 1. The van der Waals surface area contributed by atoms with Crippen LogP contribution in [0.1, 0.15) is 16.1 Å². The molecule has 1 aliphatic rings. The first-order valence-corrected chi connectivity index (χ1v) is 8.48. The highest BCUT2D eigenvalue weighted by Crippen LogP contribution is 2.18. The molecule has 0 radical (unpaired) electrons. The highest BCUT2D eigenvalue weighted by molar-refractivity contribution is 5.95. The molecule has 2 N–H and O–H groups in total. The van der Waals surface area contributed by atoms with Crippen molar-refractivity contribution in [3.63, 3.8) is 0 Å². The first-order chi connectivity index (χ1) is 11.7. The molecule has 2 aromatic rings. The second kappa shape index (κ2) is 8.04. The van der Waals surface area contributed by atoms with E-state index >= 15 is 0 Å². The molecule has 1 aromatic carbocycles. The molecule has 0 aliphatic carbocycles. The fourth-order valence-electron chi connectivity index (χ4n) is 2.93. The van der Waals surface area contributed by atoms with Crippen molar-refractivity contribution in [1.29, 1.82) is 0 Å². The number of piperazine rings is 1. The molecular formula is C19H24N4O. The lowest BCUT2D eigenvalue weighted by atomic mass is 10.1. The molecule has 0 unspecified atom stereocenters. The molecule has 1 aromatic heterocycles. The van der Waals surface area contributed by atoms with Gasteiger partial charge in [-0.2, -0.15) is 0 Å². The molecule has 126 valence electrons. The molecule has 5 nitrogen and oxygen atoms in total. The van der Waals surface area contributed by atoms with E-state index in [4.69, 9.17) is 0 Å². The second-order valence-corrected chi connectivity index (χ2v) is 6.04. The number of rotatable bonds is 5. The van der Waals surface area contributed by atoms with E-state index in [0.717, 1.165) is 49.7 Å². The Kier molecular flexibility index (Phi) is 5.56. The predicted molar refractivity (Wildman–Crippen MR) is 96.1 cm³/mol. The minimum absolute atomic E-state index is 0.0465. The molecule has 1 saturated heterocycles. The van der Waals surface area contributed by atoms with Crippen LogP contribution in [-0.4, -0.2) is 55.1 Å². The normalized spacial score (nSPS) is 15.2. The lowest BCUT2D eigenvalue weighted by Gasteiger charge is -2.27. The SMILES string of the molecule is Cc1nc(-c2ccccc2)ccc1C(=O)NCCN1CCNCC1. The van der Waals surface area contributed by atoms with Crippen LogP contribution >= 0.6 is 0 Å². The third-order valence-corrected chi connectivity index (χ3v) is 4.32. The lowest BCUT2D eigenvalue weighted by Crippen LogP contribution is -2.46. The van der Waals surface area contributed by atoms with Crippen LogP contribution in [0, 0.1) is 6.92 Å². The van der Waals surface area contributed by atoms with E-state index in [9.17, 15) is 4.79 Å². The van der Waals surface area contributed by atoms with Gasteiger partial charge < -0.3 is 10.6 Å². The lowest BCUT2D eigenvalue weighted by molar-refractivity contribution is 0.0946. The first kappa shape index (κ1) is 16.6. The smallest absolute Gasteiger partial charge is 0.253 e. The van der Waals surface area contributed by atoms with Gasteiger partial charge in [0.05, 0.1) is 17.0 Å². The van der Waals surface area contributed by atoms with Gasteiger partial charge in [-0.15, -0.1) is 0 Å². The van der Waals surface area contributed by atoms with Crippen LogP contribution < -0.4 is 10.6 Å². The van der Waals surface area contributed by atoms with Gasteiger partial charge in [0.25, 0.3) is 5.91 Å². The summed E-state index contributed by atoms with van der Waals surface area (Å²) in [5.74, 6) is -0.0465. The Balaban J connectivity index is 1.58. The van der Waals surface area contributed by atoms with Gasteiger partial charge in [0.1, 0.15) is 0 Å². The number of nitrogens with one attached hydrogen (secondary N) is 2. The minimum Gasteiger partial charge on any atom is -0.351 e. The molecule has 1 aliphatic heterocycles. The summed E-state index contributed by atoms with van der Waals surface area (Å²) in [6.45, 7) is 7.58. The summed E-state index contributed by atoms with van der Waals surface area (Å²) < 4.78 is 0. The van der Waals surface area contributed by atoms with E-state index in [1.807, 2.05) is 49.4 Å². The maximum atomic E-state index is 12.4. The maximum absolute atomic E-state index is 12.4. The Hall–Kier alpha value is -2.24. The van der Waals surface area contributed by atoms with Crippen LogP contribution in [-0.2, 0) is 0 Å². The Labute approximate surface area is 143 Å². The number of pyridine rings is 1. The summed E-state index contributed by atoms with van der Waals surface area (Å²) in [6, 6.07) is 13.8. The van der Waals surface area contributed by atoms with Crippen molar-refractivity contribution in [2.75, 3.05) is 39.3 Å². The van der Waals surface area contributed by atoms with Gasteiger partial charge in [0.15, 0.2) is 0 Å². The fourth-order valence-corrected chi connectivity index (χ4v) is 2.93. The van der Waals surface area contributed by atoms with Gasteiger partial charge >= 0.3 is 0 Å². The molecule has 0 saturated carbocycles. The van der Waals surface area contributed by atoms with Gasteiger partial charge in [0, 0.05) is 44.8 Å². The second-order valence-electron chi connectivity index (χ2n) is 6.04. The summed E-state index contributed by atoms with van der Waals surface area (Å²) in [4.78, 5) is 19.3. The van der Waals surface area contributed by atoms with E-state index in [2.05, 4.69) is 20.5 Å². The Morgan fingerprint density at radius 2 is 1.92 bits per heavy atom. The standard InChI is InChI=1S/C19H24N4O/c1-15-17(7-8-18(22-15)16-5-3-2-4-6-16)19(24)21-11-14-23-12-9-20-10-13-23/h2-8,20H,9-14H2,1H3,(H,21,24). The average Bonchev–Trinajstić information content (AvgIpc) is 2.63. The van der Waals surface area contributed by atoms with Crippen molar-refractivity contribution in [2.45, 2.75) is 6.92 Å². The van der Waals surface area contributed by atoms with Gasteiger partial charge in [-0.3, -0.25) is 14.7 Å². The first-order valence-electron chi connectivity index (χ1n) is 8.48. The van der Waals surface area contributed by atoms with E-state index in [0.29, 0.717) is 12.1 Å². The number of carbonyl (C=O) groups is 1. The summed E-state index contributed by atoms with van der Waals surface area (Å²) in [5, 5.41) is 6.33. The summed E-state index contributed by atoms with van der Waals surface area (Å²) in [7, 11) is 0. The Morgan fingerprint density at radius 1 is 1.17 bits per heavy atom. The Bertz CT molecular complexity index is 681. The largest absolute Gasteiger partial charge is 0.351 e. The highest BCUT2D eigenvalue weighted by Gasteiger charge is 2.13. The van der Waals surface area contributed by atoms with Crippen molar-refractivity contribution in [3.8, 4) is 11.3 Å². The van der Waals surface area contributed by atoms with Crippen LogP contribution in [0.2, 0.25) is 0 Å². The third-order valence-electron chi connectivity index (χ3n) is 4.32. The number of hydrogen-bond acceptors (Lipinski definition) is 4. The number of aryl methyl sites for hydroxylation is 1. The van der Waals surface area contributed by atoms with Crippen LogP contribution in [0.25, 0.3) is 11.3 Å². The summed E-state index contributed by atoms with van der Waals surface area (Å²) >= 11 is 0. The molecule has 1 amide bonds.